The number of pyridine rings is 4. The van der Waals surface area contributed by atoms with Crippen molar-refractivity contribution in [1.82, 2.24) is 39.1 Å². The van der Waals surface area contributed by atoms with Crippen LogP contribution in [0.25, 0.3) is 22.3 Å². The SMILES string of the molecule is Clc1ccc2c(c1)CNC2.Cn1cc(-c2cccc(CC(=O)N3Cc4ccc(Cl)cc4C3)c2CO[Si](C)(C)C(C)(C)C)cc(Nc2ccc(C(=O)N3CCOCC3)cn2)c1=O.Cn1cc(-c2cccc(N)c2CO[Si](C)(C)C(C)(C)C)cc(Nc2ccc(C(=O)N3CCOCC3)cn2)c1=O. The van der Waals surface area contributed by atoms with Gasteiger partial charge in [-0.05, 0) is 148 Å². The zero-order valence-electron chi connectivity index (χ0n) is 59.4. The summed E-state index contributed by atoms with van der Waals surface area (Å²) in [6.45, 7) is 30.2. The Morgan fingerprint density at radius 2 is 1.02 bits per heavy atom. The number of hydrogen-bond donors (Lipinski definition) is 4. The van der Waals surface area contributed by atoms with Gasteiger partial charge in [0.1, 0.15) is 23.0 Å². The minimum absolute atomic E-state index is 0.0103. The van der Waals surface area contributed by atoms with Crippen LogP contribution in [0.5, 0.6) is 0 Å². The molecule has 100 heavy (non-hydrogen) atoms. The first-order valence-corrected chi connectivity index (χ1v) is 40.4. The molecule has 8 heterocycles. The zero-order chi connectivity index (χ0) is 71.8. The van der Waals surface area contributed by atoms with E-state index in [1.165, 1.54) is 32.7 Å². The lowest BCUT2D eigenvalue weighted by atomic mass is 9.94. The Labute approximate surface area is 598 Å². The zero-order valence-corrected chi connectivity index (χ0v) is 63.0. The molecule has 4 aromatic carbocycles. The van der Waals surface area contributed by atoms with Crippen molar-refractivity contribution in [2.45, 2.75) is 124 Å². The normalized spacial score (nSPS) is 14.7. The van der Waals surface area contributed by atoms with Crippen molar-refractivity contribution in [3.05, 3.63) is 215 Å². The van der Waals surface area contributed by atoms with Crippen LogP contribution in [0.4, 0.5) is 28.7 Å². The van der Waals surface area contributed by atoms with Crippen molar-refractivity contribution in [2.75, 3.05) is 69.0 Å². The highest BCUT2D eigenvalue weighted by Crippen LogP contribution is 2.41. The summed E-state index contributed by atoms with van der Waals surface area (Å²) >= 11 is 12.0. The molecule has 4 aromatic heterocycles. The second kappa shape index (κ2) is 31.7. The maximum Gasteiger partial charge on any atom is 0.274 e. The summed E-state index contributed by atoms with van der Waals surface area (Å²) in [5, 5.41) is 11.1. The van der Waals surface area contributed by atoms with E-state index >= 15 is 0 Å². The van der Waals surface area contributed by atoms with E-state index in [0.29, 0.717) is 124 Å². The number of fused-ring (bicyclic) bond motifs is 2. The van der Waals surface area contributed by atoms with Crippen molar-refractivity contribution < 1.29 is 32.7 Å². The number of aromatic nitrogens is 4. The second-order valence-electron chi connectivity index (χ2n) is 28.8. The molecule has 0 bridgehead atoms. The summed E-state index contributed by atoms with van der Waals surface area (Å²) in [6.07, 6.45) is 6.88. The van der Waals surface area contributed by atoms with Crippen LogP contribution in [0.15, 0.2) is 144 Å². The lowest BCUT2D eigenvalue weighted by Gasteiger charge is -2.36. The van der Waals surface area contributed by atoms with E-state index in [9.17, 15) is 24.0 Å². The van der Waals surface area contributed by atoms with E-state index in [0.717, 1.165) is 68.2 Å². The summed E-state index contributed by atoms with van der Waals surface area (Å²) in [5.74, 6) is 0.759. The smallest absolute Gasteiger partial charge is 0.274 e. The van der Waals surface area contributed by atoms with Crippen LogP contribution in [0.1, 0.15) is 101 Å². The highest BCUT2D eigenvalue weighted by molar-refractivity contribution is 6.74. The fourth-order valence-corrected chi connectivity index (χ4v) is 13.8. The number of benzene rings is 4. The molecule has 0 aliphatic carbocycles. The van der Waals surface area contributed by atoms with Gasteiger partial charge in [-0.1, -0.05) is 107 Å². The number of halogens is 2. The first kappa shape index (κ1) is 74.4. The Bertz CT molecular complexity index is 4410. The molecule has 0 radical (unpaired) electrons. The molecule has 4 aliphatic rings. The number of aryl methyl sites for hydroxylation is 2. The average molecular weight is 1430 g/mol. The average Bonchev–Trinajstić information content (AvgIpc) is 0.894. The standard InChI is InChI=1S/C39H46ClN5O5Si.C29H39N5O4Si.C8H8ClN/c1-39(2,3)51(5,6)50-25-33-26(20-36(46)45-23-28-10-12-31(40)18-29(28)24-45)8-7-9-32(33)30-19-34(38(48)43(4)22-30)42-35-13-11-27(21-41-35)37(47)44-14-16-49-17-15-44;1-29(2,3)39(5,6)38-19-23-22(8-7-9-24(23)30)21-16-25(28(36)33(4)18-21)32-26-11-10-20(17-31-26)27(35)34-12-14-37-15-13-34;9-8-2-1-6-4-10-5-7(6)3-8/h7-13,18-19,21-22H,14-17,20,23-25H2,1-6H3,(H,41,42);7-11,16-18H,12-15,19,30H2,1-6H3,(H,31,32);1-3,10H,4-5H2. The number of amides is 3. The van der Waals surface area contributed by atoms with Gasteiger partial charge in [0.25, 0.3) is 22.9 Å². The molecule has 2 saturated heterocycles. The number of carbonyl (C=O) groups is 3. The number of nitrogen functional groups attached to an aromatic ring is 1. The van der Waals surface area contributed by atoms with Crippen LogP contribution in [0.2, 0.25) is 46.3 Å². The molecule has 3 amide bonds. The van der Waals surface area contributed by atoms with Crippen molar-refractivity contribution in [3.8, 4) is 22.3 Å². The number of hydrogen-bond acceptors (Lipinski definition) is 15. The Balaban J connectivity index is 0.000000194. The molecular formula is C76H93Cl2N11O9Si2. The van der Waals surface area contributed by atoms with Crippen LogP contribution in [0.3, 0.4) is 0 Å². The molecule has 24 heteroatoms. The highest BCUT2D eigenvalue weighted by atomic mass is 35.5. The predicted octanol–water partition coefficient (Wildman–Crippen LogP) is 13.6. The van der Waals surface area contributed by atoms with Crippen molar-refractivity contribution in [1.29, 1.82) is 0 Å². The lowest BCUT2D eigenvalue weighted by molar-refractivity contribution is -0.131. The number of nitrogens with zero attached hydrogens (tertiary/aromatic N) is 7. The van der Waals surface area contributed by atoms with Gasteiger partial charge in [0.05, 0.1) is 57.2 Å². The minimum atomic E-state index is -2.17. The minimum Gasteiger partial charge on any atom is -0.413 e. The van der Waals surface area contributed by atoms with E-state index in [1.807, 2.05) is 83.9 Å². The third kappa shape index (κ3) is 18.1. The van der Waals surface area contributed by atoms with E-state index in [1.54, 1.807) is 60.4 Å². The van der Waals surface area contributed by atoms with Crippen LogP contribution < -0.4 is 32.8 Å². The van der Waals surface area contributed by atoms with E-state index in [2.05, 4.69) is 99.7 Å². The third-order valence-corrected chi connectivity index (χ3v) is 29.2. The number of nitrogens with one attached hydrogen (secondary N) is 3. The van der Waals surface area contributed by atoms with Crippen molar-refractivity contribution in [2.24, 2.45) is 14.1 Å². The van der Waals surface area contributed by atoms with Crippen molar-refractivity contribution >= 4 is 86.3 Å². The van der Waals surface area contributed by atoms with E-state index in [4.69, 9.17) is 47.3 Å². The van der Waals surface area contributed by atoms with Gasteiger partial charge in [0.2, 0.25) is 5.91 Å². The van der Waals surface area contributed by atoms with Crippen LogP contribution in [-0.2, 0) is 83.0 Å². The van der Waals surface area contributed by atoms with Gasteiger partial charge in [0, 0.05) is 124 Å². The Morgan fingerprint density at radius 3 is 1.51 bits per heavy atom. The van der Waals surface area contributed by atoms with E-state index < -0.39 is 16.6 Å². The first-order valence-electron chi connectivity index (χ1n) is 33.8. The Kier molecular flexibility index (Phi) is 23.6. The summed E-state index contributed by atoms with van der Waals surface area (Å²) in [6, 6.07) is 34.0. The van der Waals surface area contributed by atoms with Crippen LogP contribution >= 0.6 is 23.2 Å². The molecular weight excluding hydrogens is 1340 g/mol. The highest BCUT2D eigenvalue weighted by Gasteiger charge is 2.39. The van der Waals surface area contributed by atoms with E-state index in [-0.39, 0.29) is 45.3 Å². The predicted molar refractivity (Wildman–Crippen MR) is 403 cm³/mol. The van der Waals surface area contributed by atoms with Gasteiger partial charge in [-0.25, -0.2) is 9.97 Å². The number of morpholine rings is 2. The van der Waals surface area contributed by atoms with Gasteiger partial charge < -0.3 is 63.8 Å². The molecule has 12 rings (SSSR count). The maximum atomic E-state index is 13.8. The summed E-state index contributed by atoms with van der Waals surface area (Å²) in [5.41, 5.74) is 19.4. The molecule has 0 atom stereocenters. The molecule has 4 aliphatic heterocycles. The number of anilines is 5. The summed E-state index contributed by atoms with van der Waals surface area (Å²) < 4.78 is 27.0. The topological polar surface area (TPSA) is 230 Å². The number of rotatable bonds is 16. The number of carbonyl (C=O) groups excluding carboxylic acids is 3. The molecule has 20 nitrogen and oxygen atoms in total. The molecule has 0 spiro atoms. The van der Waals surface area contributed by atoms with Crippen molar-refractivity contribution in [3.63, 3.8) is 0 Å². The number of ether oxygens (including phenoxy) is 2. The molecule has 528 valence electrons. The number of nitrogens with two attached hydrogens (primary N) is 1. The fourth-order valence-electron chi connectivity index (χ4n) is 11.6. The monoisotopic (exact) mass is 1430 g/mol. The van der Waals surface area contributed by atoms with Gasteiger partial charge in [-0.2, -0.15) is 0 Å². The first-order chi connectivity index (χ1) is 47.4. The molecule has 0 saturated carbocycles. The third-order valence-electron chi connectivity index (χ3n) is 19.8. The largest absolute Gasteiger partial charge is 0.413 e. The quantitative estimate of drug-likeness (QED) is 0.0521. The molecule has 2 fully saturated rings. The van der Waals surface area contributed by atoms with Gasteiger partial charge in [-0.15, -0.1) is 0 Å². The Morgan fingerprint density at radius 1 is 0.570 bits per heavy atom. The van der Waals surface area contributed by atoms with Crippen LogP contribution in [0, 0.1) is 0 Å². The summed E-state index contributed by atoms with van der Waals surface area (Å²) in [7, 11) is -0.748. The molecule has 5 N–H and O–H groups in total. The van der Waals surface area contributed by atoms with Gasteiger partial charge in [-0.3, -0.25) is 24.0 Å². The lowest BCUT2D eigenvalue weighted by Crippen LogP contribution is -2.40. The molecule has 0 unspecified atom stereocenters. The van der Waals surface area contributed by atoms with Gasteiger partial charge in [0.15, 0.2) is 16.6 Å². The second-order valence-corrected chi connectivity index (χ2v) is 39.3. The molecule has 8 aromatic rings. The summed E-state index contributed by atoms with van der Waals surface area (Å²) in [4.78, 5) is 80.1. The van der Waals surface area contributed by atoms with Gasteiger partial charge >= 0.3 is 0 Å². The fraction of sp³-hybridized carbons (Fsp3) is 0.382. The maximum absolute atomic E-state index is 13.8. The Hall–Kier alpha value is -8.30. The van der Waals surface area contributed by atoms with Crippen LogP contribution in [-0.4, -0.2) is 121 Å².